The lowest BCUT2D eigenvalue weighted by atomic mass is 10.0. The number of benzene rings is 7. The highest BCUT2D eigenvalue weighted by atomic mass is 16.3. The lowest BCUT2D eigenvalue weighted by molar-refractivity contribution is 0.559. The zero-order valence-corrected chi connectivity index (χ0v) is 28.3. The Hall–Kier alpha value is -6.43. The number of hydrogen-bond acceptors (Lipinski definition) is 3. The molecule has 0 aliphatic heterocycles. The van der Waals surface area contributed by atoms with Crippen molar-refractivity contribution in [2.24, 2.45) is 4.99 Å². The maximum absolute atomic E-state index is 6.44. The molecule has 0 bridgehead atoms. The molecule has 0 aliphatic rings. The molecule has 0 spiro atoms. The minimum absolute atomic E-state index is 0.104. The second kappa shape index (κ2) is 13.1. The Labute approximate surface area is 296 Å². The van der Waals surface area contributed by atoms with Gasteiger partial charge < -0.3 is 14.3 Å². The zero-order valence-electron chi connectivity index (χ0n) is 28.3. The van der Waals surface area contributed by atoms with Crippen LogP contribution in [0.4, 0.5) is 0 Å². The van der Waals surface area contributed by atoms with Crippen LogP contribution in [0, 0.1) is 0 Å². The van der Waals surface area contributed by atoms with E-state index in [0.717, 1.165) is 72.3 Å². The van der Waals surface area contributed by atoms with Gasteiger partial charge in [-0.15, -0.1) is 0 Å². The van der Waals surface area contributed by atoms with Gasteiger partial charge in [-0.25, -0.2) is 0 Å². The number of para-hydroxylation sites is 3. The van der Waals surface area contributed by atoms with E-state index in [1.165, 1.54) is 10.8 Å². The maximum Gasteiger partial charge on any atom is 0.143 e. The third-order valence-corrected chi connectivity index (χ3v) is 9.75. The average molecular weight is 661 g/mol. The third-order valence-electron chi connectivity index (χ3n) is 9.75. The summed E-state index contributed by atoms with van der Waals surface area (Å²) in [4.78, 5) is 5.11. The van der Waals surface area contributed by atoms with Crippen molar-refractivity contribution in [3.63, 3.8) is 0 Å². The summed E-state index contributed by atoms with van der Waals surface area (Å²) in [5, 5.41) is 11.8. The van der Waals surface area contributed by atoms with Gasteiger partial charge in [0.25, 0.3) is 0 Å². The Morgan fingerprint density at radius 3 is 2.12 bits per heavy atom. The number of fused-ring (bicyclic) bond motifs is 6. The van der Waals surface area contributed by atoms with Gasteiger partial charge in [0.15, 0.2) is 0 Å². The van der Waals surface area contributed by atoms with Gasteiger partial charge in [0.05, 0.1) is 17.6 Å². The molecule has 5 nitrogen and oxygen atoms in total. The Kier molecular flexibility index (Phi) is 7.88. The fraction of sp³-hybridized carbons (Fsp3) is 0.0652. The smallest absolute Gasteiger partial charge is 0.143 e. The number of nitrogens with one attached hydrogen (secondary N) is 2. The SMILES string of the molecule is CNC(N/C(=N\Cc1ccccc1)c1ccc(-n2c3ccccc3c3ccc(-c4cccc5c4oc4ccccc45)cc32)cc1)c1ccccc1. The predicted octanol–water partition coefficient (Wildman–Crippen LogP) is 10.8. The third kappa shape index (κ3) is 5.64. The van der Waals surface area contributed by atoms with E-state index in [1.807, 2.05) is 31.3 Å². The summed E-state index contributed by atoms with van der Waals surface area (Å²) in [6.45, 7) is 0.573. The van der Waals surface area contributed by atoms with Crippen molar-refractivity contribution in [3.05, 3.63) is 187 Å². The molecule has 2 heterocycles. The van der Waals surface area contributed by atoms with Gasteiger partial charge in [-0.3, -0.25) is 10.3 Å². The molecular formula is C46H36N4O. The molecular weight excluding hydrogens is 625 g/mol. The summed E-state index contributed by atoms with van der Waals surface area (Å²) in [6, 6.07) is 59.6. The molecule has 0 saturated carbocycles. The first-order valence-electron chi connectivity index (χ1n) is 17.4. The molecule has 9 rings (SSSR count). The van der Waals surface area contributed by atoms with Crippen LogP contribution in [0.15, 0.2) is 179 Å². The maximum atomic E-state index is 6.44. The molecule has 0 fully saturated rings. The summed E-state index contributed by atoms with van der Waals surface area (Å²) in [7, 11) is 1.97. The van der Waals surface area contributed by atoms with Crippen LogP contribution in [-0.4, -0.2) is 17.5 Å². The van der Waals surface area contributed by atoms with Crippen LogP contribution in [0.1, 0.15) is 22.9 Å². The Morgan fingerprint density at radius 1 is 0.627 bits per heavy atom. The molecule has 9 aromatic rings. The number of rotatable bonds is 8. The van der Waals surface area contributed by atoms with Crippen molar-refractivity contribution in [1.29, 1.82) is 0 Å². The summed E-state index contributed by atoms with van der Waals surface area (Å²) >= 11 is 0. The van der Waals surface area contributed by atoms with E-state index in [-0.39, 0.29) is 6.17 Å². The highest BCUT2D eigenvalue weighted by Crippen LogP contribution is 2.39. The van der Waals surface area contributed by atoms with Crippen molar-refractivity contribution < 1.29 is 4.42 Å². The molecule has 246 valence electrons. The largest absolute Gasteiger partial charge is 0.455 e. The molecule has 2 N–H and O–H groups in total. The van der Waals surface area contributed by atoms with Crippen LogP contribution in [0.2, 0.25) is 0 Å². The van der Waals surface area contributed by atoms with Crippen LogP contribution in [0.5, 0.6) is 0 Å². The zero-order chi connectivity index (χ0) is 34.1. The van der Waals surface area contributed by atoms with Gasteiger partial charge in [-0.1, -0.05) is 127 Å². The monoisotopic (exact) mass is 660 g/mol. The van der Waals surface area contributed by atoms with E-state index in [0.29, 0.717) is 6.54 Å². The van der Waals surface area contributed by atoms with Crippen molar-refractivity contribution in [1.82, 2.24) is 15.2 Å². The Balaban J connectivity index is 1.14. The van der Waals surface area contributed by atoms with Crippen molar-refractivity contribution in [3.8, 4) is 16.8 Å². The fourth-order valence-electron chi connectivity index (χ4n) is 7.24. The van der Waals surface area contributed by atoms with Crippen molar-refractivity contribution >= 4 is 49.6 Å². The second-order valence-corrected chi connectivity index (χ2v) is 12.8. The minimum Gasteiger partial charge on any atom is -0.455 e. The number of furan rings is 1. The predicted molar refractivity (Wildman–Crippen MR) is 212 cm³/mol. The standard InChI is InChI=1S/C46H36N4O/c1-47-45(32-15-6-3-7-16-32)49-46(48-30-31-13-4-2-5-14-31)33-23-26-35(27-24-33)50-41-21-10-8-17-37(41)38-28-25-34(29-42(38)50)36-19-12-20-40-39-18-9-11-22-43(39)51-44(36)40/h2-29,45,47H,30H2,1H3,(H,48,49). The van der Waals surface area contributed by atoms with E-state index >= 15 is 0 Å². The lowest BCUT2D eigenvalue weighted by Crippen LogP contribution is -2.37. The summed E-state index contributed by atoms with van der Waals surface area (Å²) in [6.07, 6.45) is -0.104. The molecule has 1 atom stereocenters. The number of amidine groups is 1. The molecule has 0 aliphatic carbocycles. The highest BCUT2D eigenvalue weighted by molar-refractivity contribution is 6.13. The van der Waals surface area contributed by atoms with Crippen LogP contribution < -0.4 is 10.6 Å². The number of nitrogens with zero attached hydrogens (tertiary/aromatic N) is 2. The number of aliphatic imine (C=N–C) groups is 1. The first-order valence-corrected chi connectivity index (χ1v) is 17.4. The average Bonchev–Trinajstić information content (AvgIpc) is 3.74. The van der Waals surface area contributed by atoms with Crippen LogP contribution in [0.3, 0.4) is 0 Å². The highest BCUT2D eigenvalue weighted by Gasteiger charge is 2.17. The van der Waals surface area contributed by atoms with Crippen LogP contribution in [-0.2, 0) is 6.54 Å². The summed E-state index contributed by atoms with van der Waals surface area (Å²) in [5.74, 6) is 0.831. The van der Waals surface area contributed by atoms with Crippen molar-refractivity contribution in [2.75, 3.05) is 7.05 Å². The fourth-order valence-corrected chi connectivity index (χ4v) is 7.24. The van der Waals surface area contributed by atoms with Crippen LogP contribution >= 0.6 is 0 Å². The van der Waals surface area contributed by atoms with Crippen molar-refractivity contribution in [2.45, 2.75) is 12.7 Å². The van der Waals surface area contributed by atoms with Gasteiger partial charge in [-0.2, -0.15) is 0 Å². The Bertz CT molecular complexity index is 2670. The van der Waals surface area contributed by atoms with E-state index in [1.54, 1.807) is 0 Å². The normalized spacial score (nSPS) is 12.6. The number of hydrogen-bond donors (Lipinski definition) is 2. The quantitative estimate of drug-likeness (QED) is 0.0969. The lowest BCUT2D eigenvalue weighted by Gasteiger charge is -2.21. The molecule has 2 aromatic heterocycles. The van der Waals surface area contributed by atoms with E-state index in [9.17, 15) is 0 Å². The summed E-state index contributed by atoms with van der Waals surface area (Å²) < 4.78 is 8.81. The molecule has 0 amide bonds. The first kappa shape index (κ1) is 30.6. The van der Waals surface area contributed by atoms with Gasteiger partial charge in [0, 0.05) is 38.4 Å². The van der Waals surface area contributed by atoms with Gasteiger partial charge in [-0.05, 0) is 66.2 Å². The van der Waals surface area contributed by atoms with E-state index < -0.39 is 0 Å². The van der Waals surface area contributed by atoms with E-state index in [4.69, 9.17) is 9.41 Å². The van der Waals surface area contributed by atoms with Gasteiger partial charge in [0.1, 0.15) is 23.2 Å². The molecule has 0 radical (unpaired) electrons. The number of aromatic nitrogens is 1. The van der Waals surface area contributed by atoms with E-state index in [2.05, 4.69) is 161 Å². The van der Waals surface area contributed by atoms with Gasteiger partial charge >= 0.3 is 0 Å². The topological polar surface area (TPSA) is 54.5 Å². The molecule has 7 aromatic carbocycles. The first-order chi connectivity index (χ1) is 25.2. The Morgan fingerprint density at radius 2 is 1.31 bits per heavy atom. The molecule has 1 unspecified atom stereocenters. The molecule has 5 heteroatoms. The summed E-state index contributed by atoms with van der Waals surface area (Å²) in [5.41, 5.74) is 10.7. The van der Waals surface area contributed by atoms with Gasteiger partial charge in [0.2, 0.25) is 0 Å². The minimum atomic E-state index is -0.104. The second-order valence-electron chi connectivity index (χ2n) is 12.8. The molecule has 0 saturated heterocycles. The molecule has 51 heavy (non-hydrogen) atoms. The van der Waals surface area contributed by atoms with Crippen LogP contribution in [0.25, 0.3) is 60.6 Å².